The van der Waals surface area contributed by atoms with Crippen molar-refractivity contribution in [2.45, 2.75) is 4.90 Å². The van der Waals surface area contributed by atoms with Gasteiger partial charge in [0.05, 0.1) is 4.92 Å². The number of anilines is 1. The van der Waals surface area contributed by atoms with Gasteiger partial charge >= 0.3 is 0 Å². The summed E-state index contributed by atoms with van der Waals surface area (Å²) in [7, 11) is -4.06. The summed E-state index contributed by atoms with van der Waals surface area (Å²) in [6, 6.07) is 21.7. The van der Waals surface area contributed by atoms with Gasteiger partial charge in [0, 0.05) is 11.8 Å². The molecule has 0 radical (unpaired) electrons. The van der Waals surface area contributed by atoms with Crippen molar-refractivity contribution in [2.75, 3.05) is 4.72 Å². The highest BCUT2D eigenvalue weighted by Gasteiger charge is 2.25. The summed E-state index contributed by atoms with van der Waals surface area (Å²) in [6.07, 6.45) is 0. The number of nitro benzene ring substituents is 1. The summed E-state index contributed by atoms with van der Waals surface area (Å²) in [5.41, 5.74) is 1.82. The summed E-state index contributed by atoms with van der Waals surface area (Å²) in [5, 5.41) is 11.0. The molecule has 25 heavy (non-hydrogen) atoms. The Hall–Kier alpha value is -3.19. The molecule has 0 saturated heterocycles. The first-order valence-corrected chi connectivity index (χ1v) is 8.87. The molecule has 0 unspecified atom stereocenters. The van der Waals surface area contributed by atoms with Gasteiger partial charge in [-0.05, 0) is 29.3 Å². The second kappa shape index (κ2) is 6.74. The van der Waals surface area contributed by atoms with Gasteiger partial charge in [0.15, 0.2) is 4.90 Å². The summed E-state index contributed by atoms with van der Waals surface area (Å²) < 4.78 is 27.3. The Bertz CT molecular complexity index is 1000. The lowest BCUT2D eigenvalue weighted by Gasteiger charge is -2.09. The number of nitrogens with one attached hydrogen (secondary N) is 1. The number of benzene rings is 3. The summed E-state index contributed by atoms with van der Waals surface area (Å²) >= 11 is 0. The first-order valence-electron chi connectivity index (χ1n) is 7.39. The van der Waals surface area contributed by atoms with Gasteiger partial charge in [-0.1, -0.05) is 54.6 Å². The van der Waals surface area contributed by atoms with Crippen LogP contribution in [0.3, 0.4) is 0 Å². The molecule has 0 aromatic heterocycles. The highest BCUT2D eigenvalue weighted by molar-refractivity contribution is 7.92. The summed E-state index contributed by atoms with van der Waals surface area (Å²) in [5.74, 6) is 0. The van der Waals surface area contributed by atoms with Crippen LogP contribution in [0.2, 0.25) is 0 Å². The Morgan fingerprint density at radius 2 is 1.32 bits per heavy atom. The SMILES string of the molecule is O=[N+]([O-])c1ccccc1S(=O)(=O)Nc1ccc(-c2ccccc2)cc1. The van der Waals surface area contributed by atoms with Crippen LogP contribution >= 0.6 is 0 Å². The minimum Gasteiger partial charge on any atom is -0.279 e. The zero-order valence-electron chi connectivity index (χ0n) is 13.0. The molecule has 1 N–H and O–H groups in total. The number of nitrogens with zero attached hydrogens (tertiary/aromatic N) is 1. The quantitative estimate of drug-likeness (QED) is 0.552. The first kappa shape index (κ1) is 16.7. The van der Waals surface area contributed by atoms with Crippen molar-refractivity contribution >= 4 is 21.4 Å². The predicted molar refractivity (Wildman–Crippen MR) is 95.8 cm³/mol. The van der Waals surface area contributed by atoms with Gasteiger partial charge in [-0.3, -0.25) is 14.8 Å². The molecule has 0 fully saturated rings. The van der Waals surface area contributed by atoms with Crippen LogP contribution < -0.4 is 4.72 Å². The number of sulfonamides is 1. The van der Waals surface area contributed by atoms with E-state index in [1.54, 1.807) is 24.3 Å². The monoisotopic (exact) mass is 354 g/mol. The molecule has 126 valence electrons. The predicted octanol–water partition coefficient (Wildman–Crippen LogP) is 4.06. The Balaban J connectivity index is 1.88. The van der Waals surface area contributed by atoms with Crippen molar-refractivity contribution in [3.05, 3.63) is 89.0 Å². The van der Waals surface area contributed by atoms with Crippen molar-refractivity contribution < 1.29 is 13.3 Å². The lowest BCUT2D eigenvalue weighted by Crippen LogP contribution is -2.14. The van der Waals surface area contributed by atoms with Crippen LogP contribution in [0.4, 0.5) is 11.4 Å². The van der Waals surface area contributed by atoms with Gasteiger partial charge < -0.3 is 0 Å². The largest absolute Gasteiger partial charge is 0.289 e. The van der Waals surface area contributed by atoms with Crippen LogP contribution in [0.1, 0.15) is 0 Å². The van der Waals surface area contributed by atoms with Crippen molar-refractivity contribution in [2.24, 2.45) is 0 Å². The van der Waals surface area contributed by atoms with E-state index in [2.05, 4.69) is 4.72 Å². The molecule has 0 bridgehead atoms. The average molecular weight is 354 g/mol. The fourth-order valence-corrected chi connectivity index (χ4v) is 3.64. The minimum absolute atomic E-state index is 0.331. The third-order valence-corrected chi connectivity index (χ3v) is 5.02. The van der Waals surface area contributed by atoms with Gasteiger partial charge in [-0.2, -0.15) is 0 Å². The van der Waals surface area contributed by atoms with Crippen molar-refractivity contribution in [1.82, 2.24) is 0 Å². The average Bonchev–Trinajstić information content (AvgIpc) is 2.63. The third-order valence-electron chi connectivity index (χ3n) is 3.60. The molecule has 0 heterocycles. The van der Waals surface area contributed by atoms with Crippen LogP contribution in [0, 0.1) is 10.1 Å². The molecule has 0 saturated carbocycles. The van der Waals surface area contributed by atoms with Crippen molar-refractivity contribution in [3.63, 3.8) is 0 Å². The fourth-order valence-electron chi connectivity index (χ4n) is 2.41. The summed E-state index contributed by atoms with van der Waals surface area (Å²) in [6.45, 7) is 0. The van der Waals surface area contributed by atoms with E-state index >= 15 is 0 Å². The van der Waals surface area contributed by atoms with Gasteiger partial charge in [0.25, 0.3) is 15.7 Å². The van der Waals surface area contributed by atoms with E-state index in [9.17, 15) is 18.5 Å². The Labute approximate surface area is 145 Å². The Morgan fingerprint density at radius 3 is 1.96 bits per heavy atom. The second-order valence-corrected chi connectivity index (χ2v) is 6.92. The number of hydrogen-bond acceptors (Lipinski definition) is 4. The minimum atomic E-state index is -4.06. The fraction of sp³-hybridized carbons (Fsp3) is 0. The maximum Gasteiger partial charge on any atom is 0.289 e. The zero-order valence-corrected chi connectivity index (χ0v) is 13.8. The van der Waals surface area contributed by atoms with E-state index in [1.165, 1.54) is 18.2 Å². The molecule has 0 aliphatic rings. The van der Waals surface area contributed by atoms with Crippen LogP contribution in [0.5, 0.6) is 0 Å². The molecular weight excluding hydrogens is 340 g/mol. The van der Waals surface area contributed by atoms with E-state index in [0.717, 1.165) is 17.2 Å². The molecule has 3 aromatic carbocycles. The molecule has 0 atom stereocenters. The molecule has 3 rings (SSSR count). The van der Waals surface area contributed by atoms with Gasteiger partial charge in [-0.15, -0.1) is 0 Å². The van der Waals surface area contributed by atoms with Crippen LogP contribution in [-0.4, -0.2) is 13.3 Å². The number of hydrogen-bond donors (Lipinski definition) is 1. The van der Waals surface area contributed by atoms with Gasteiger partial charge in [-0.25, -0.2) is 8.42 Å². The summed E-state index contributed by atoms with van der Waals surface area (Å²) in [4.78, 5) is 9.95. The van der Waals surface area contributed by atoms with Gasteiger partial charge in [0.1, 0.15) is 0 Å². The van der Waals surface area contributed by atoms with E-state index in [1.807, 2.05) is 30.3 Å². The highest BCUT2D eigenvalue weighted by Crippen LogP contribution is 2.26. The Morgan fingerprint density at radius 1 is 0.760 bits per heavy atom. The van der Waals surface area contributed by atoms with Crippen molar-refractivity contribution in [1.29, 1.82) is 0 Å². The normalized spacial score (nSPS) is 11.0. The lowest BCUT2D eigenvalue weighted by atomic mass is 10.1. The molecular formula is C18H14N2O4S. The first-order chi connectivity index (χ1) is 12.0. The molecule has 0 spiro atoms. The van der Waals surface area contributed by atoms with Gasteiger partial charge in [0.2, 0.25) is 0 Å². The number of nitro groups is 1. The van der Waals surface area contributed by atoms with Crippen molar-refractivity contribution in [3.8, 4) is 11.1 Å². The molecule has 0 aliphatic carbocycles. The van der Waals surface area contributed by atoms with Crippen LogP contribution in [-0.2, 0) is 10.0 Å². The molecule has 0 aliphatic heterocycles. The zero-order chi connectivity index (χ0) is 17.9. The molecule has 3 aromatic rings. The maximum atomic E-state index is 12.5. The van der Waals surface area contributed by atoms with Crippen LogP contribution in [0.15, 0.2) is 83.8 Å². The van der Waals surface area contributed by atoms with E-state index < -0.39 is 20.6 Å². The topological polar surface area (TPSA) is 89.3 Å². The molecule has 7 heteroatoms. The van der Waals surface area contributed by atoms with E-state index in [0.29, 0.717) is 5.69 Å². The standard InChI is InChI=1S/C18H14N2O4S/c21-20(22)17-8-4-5-9-18(17)25(23,24)19-16-12-10-15(11-13-16)14-6-2-1-3-7-14/h1-13,19H. The van der Waals surface area contributed by atoms with E-state index in [4.69, 9.17) is 0 Å². The third kappa shape index (κ3) is 3.67. The van der Waals surface area contributed by atoms with E-state index in [-0.39, 0.29) is 4.90 Å². The maximum absolute atomic E-state index is 12.5. The smallest absolute Gasteiger partial charge is 0.279 e. The number of para-hydroxylation sites is 1. The molecule has 6 nitrogen and oxygen atoms in total. The highest BCUT2D eigenvalue weighted by atomic mass is 32.2. The lowest BCUT2D eigenvalue weighted by molar-refractivity contribution is -0.387. The second-order valence-electron chi connectivity index (χ2n) is 5.27. The Kier molecular flexibility index (Phi) is 4.49. The molecule has 0 amide bonds. The van der Waals surface area contributed by atoms with Crippen LogP contribution in [0.25, 0.3) is 11.1 Å². The number of rotatable bonds is 5.